The molecule has 1 fully saturated rings. The molecule has 2 aromatic carbocycles. The number of hydrogen-bond acceptors (Lipinski definition) is 3. The van der Waals surface area contributed by atoms with Crippen LogP contribution in [-0.4, -0.2) is 38.6 Å². The average molecular weight is 408 g/mol. The Morgan fingerprint density at radius 3 is 2.57 bits per heavy atom. The van der Waals surface area contributed by atoms with Crippen LogP contribution >= 0.6 is 0 Å². The van der Waals surface area contributed by atoms with Crippen molar-refractivity contribution >= 4 is 11.6 Å². The maximum Gasteiger partial charge on any atom is 0.251 e. The van der Waals surface area contributed by atoms with Crippen molar-refractivity contribution in [1.82, 2.24) is 5.32 Å². The fourth-order valence-electron chi connectivity index (χ4n) is 4.07. The number of amides is 1. The van der Waals surface area contributed by atoms with Crippen molar-refractivity contribution in [2.24, 2.45) is 0 Å². The lowest BCUT2D eigenvalue weighted by molar-refractivity contribution is -0.932. The number of carbonyl (C=O) groups is 1. The van der Waals surface area contributed by atoms with Crippen LogP contribution in [0.3, 0.4) is 0 Å². The predicted molar refractivity (Wildman–Crippen MR) is 114 cm³/mol. The van der Waals surface area contributed by atoms with E-state index in [0.717, 1.165) is 43.2 Å². The van der Waals surface area contributed by atoms with Gasteiger partial charge in [0, 0.05) is 11.3 Å². The fourth-order valence-corrected chi connectivity index (χ4v) is 4.07. The van der Waals surface area contributed by atoms with Gasteiger partial charge in [0.25, 0.3) is 5.91 Å². The highest BCUT2D eigenvalue weighted by molar-refractivity contribution is 5.94. The normalized spacial score (nSPS) is 15.7. The number of nitrogens with zero attached hydrogens (tertiary/aromatic N) is 1. The number of furan rings is 1. The van der Waals surface area contributed by atoms with Gasteiger partial charge in [0.15, 0.2) is 11.8 Å². The number of rotatable bonds is 6. The van der Waals surface area contributed by atoms with Gasteiger partial charge in [-0.25, -0.2) is 4.39 Å². The summed E-state index contributed by atoms with van der Waals surface area (Å²) in [5.74, 6) is 0.592. The number of anilines is 1. The summed E-state index contributed by atoms with van der Waals surface area (Å²) < 4.78 is 18.9. The Morgan fingerprint density at radius 2 is 1.90 bits per heavy atom. The van der Waals surface area contributed by atoms with E-state index < -0.39 is 0 Å². The molecule has 1 aromatic heterocycles. The molecular weight excluding hydrogens is 381 g/mol. The molecule has 0 bridgehead atoms. The molecule has 1 aliphatic heterocycles. The van der Waals surface area contributed by atoms with Crippen LogP contribution in [0, 0.1) is 12.7 Å². The van der Waals surface area contributed by atoms with Crippen molar-refractivity contribution < 1.29 is 18.5 Å². The zero-order chi connectivity index (χ0) is 20.9. The van der Waals surface area contributed by atoms with Gasteiger partial charge < -0.3 is 19.5 Å². The minimum absolute atomic E-state index is 0.0455. The van der Waals surface area contributed by atoms with Crippen LogP contribution in [0.4, 0.5) is 10.1 Å². The second kappa shape index (κ2) is 9.13. The Hall–Kier alpha value is -3.12. The first kappa shape index (κ1) is 20.2. The van der Waals surface area contributed by atoms with Crippen LogP contribution in [-0.2, 0) is 0 Å². The SMILES string of the molecule is Cc1cccc(C(=O)NC[C@H](c2ccco2)[NH+]2CCN(c3ccc(F)cc3)CC2)c1. The van der Waals surface area contributed by atoms with Crippen molar-refractivity contribution in [2.75, 3.05) is 37.6 Å². The van der Waals surface area contributed by atoms with Crippen LogP contribution in [0.25, 0.3) is 0 Å². The van der Waals surface area contributed by atoms with Gasteiger partial charge in [-0.1, -0.05) is 17.7 Å². The fraction of sp³-hybridized carbons (Fsp3) is 0.292. The van der Waals surface area contributed by atoms with Crippen molar-refractivity contribution in [3.8, 4) is 0 Å². The van der Waals surface area contributed by atoms with Crippen LogP contribution in [0.1, 0.15) is 27.7 Å². The monoisotopic (exact) mass is 408 g/mol. The molecule has 0 radical (unpaired) electrons. The smallest absolute Gasteiger partial charge is 0.251 e. The quantitative estimate of drug-likeness (QED) is 0.659. The molecule has 1 atom stereocenters. The van der Waals surface area contributed by atoms with Crippen LogP contribution in [0.2, 0.25) is 0 Å². The van der Waals surface area contributed by atoms with E-state index in [1.807, 2.05) is 55.5 Å². The summed E-state index contributed by atoms with van der Waals surface area (Å²) in [5.41, 5.74) is 2.77. The Morgan fingerprint density at radius 1 is 1.13 bits per heavy atom. The molecule has 0 saturated carbocycles. The van der Waals surface area contributed by atoms with Gasteiger partial charge in [-0.3, -0.25) is 4.79 Å². The van der Waals surface area contributed by atoms with E-state index >= 15 is 0 Å². The number of aryl methyl sites for hydroxylation is 1. The molecule has 30 heavy (non-hydrogen) atoms. The first-order valence-corrected chi connectivity index (χ1v) is 10.3. The molecule has 1 amide bonds. The van der Waals surface area contributed by atoms with Crippen molar-refractivity contribution in [1.29, 1.82) is 0 Å². The highest BCUT2D eigenvalue weighted by Gasteiger charge is 2.31. The molecule has 2 heterocycles. The summed E-state index contributed by atoms with van der Waals surface area (Å²) >= 11 is 0. The maximum atomic E-state index is 13.2. The van der Waals surface area contributed by atoms with Gasteiger partial charge in [-0.2, -0.15) is 0 Å². The minimum Gasteiger partial charge on any atom is -0.463 e. The predicted octanol–water partition coefficient (Wildman–Crippen LogP) is 2.60. The van der Waals surface area contributed by atoms with E-state index in [2.05, 4.69) is 10.2 Å². The molecular formula is C24H27FN3O2+. The number of carbonyl (C=O) groups excluding carboxylic acids is 1. The molecule has 4 rings (SSSR count). The lowest BCUT2D eigenvalue weighted by Crippen LogP contribution is -3.15. The molecule has 6 heteroatoms. The molecule has 156 valence electrons. The van der Waals surface area contributed by atoms with Gasteiger partial charge in [-0.15, -0.1) is 0 Å². The summed E-state index contributed by atoms with van der Waals surface area (Å²) in [6, 6.07) is 18.2. The molecule has 0 unspecified atom stereocenters. The largest absolute Gasteiger partial charge is 0.463 e. The third-order valence-electron chi connectivity index (χ3n) is 5.72. The molecule has 2 N–H and O–H groups in total. The summed E-state index contributed by atoms with van der Waals surface area (Å²) in [6.45, 7) is 6.03. The third-order valence-corrected chi connectivity index (χ3v) is 5.72. The average Bonchev–Trinajstić information content (AvgIpc) is 3.29. The highest BCUT2D eigenvalue weighted by Crippen LogP contribution is 2.16. The Bertz CT molecular complexity index is 964. The number of halogens is 1. The minimum atomic E-state index is -0.217. The molecule has 0 aliphatic carbocycles. The Labute approximate surface area is 176 Å². The number of hydrogen-bond donors (Lipinski definition) is 2. The van der Waals surface area contributed by atoms with Crippen molar-refractivity contribution in [2.45, 2.75) is 13.0 Å². The molecule has 5 nitrogen and oxygen atoms in total. The van der Waals surface area contributed by atoms with Crippen LogP contribution in [0.5, 0.6) is 0 Å². The van der Waals surface area contributed by atoms with Crippen LogP contribution in [0.15, 0.2) is 71.3 Å². The molecule has 3 aromatic rings. The van der Waals surface area contributed by atoms with E-state index in [9.17, 15) is 9.18 Å². The second-order valence-electron chi connectivity index (χ2n) is 7.77. The Balaban J connectivity index is 1.41. The number of nitrogens with one attached hydrogen (secondary N) is 2. The van der Waals surface area contributed by atoms with Crippen molar-refractivity contribution in [3.63, 3.8) is 0 Å². The van der Waals surface area contributed by atoms with Gasteiger partial charge >= 0.3 is 0 Å². The molecule has 1 aliphatic rings. The summed E-state index contributed by atoms with van der Waals surface area (Å²) in [6.07, 6.45) is 1.68. The highest BCUT2D eigenvalue weighted by atomic mass is 19.1. The summed E-state index contributed by atoms with van der Waals surface area (Å²) in [7, 11) is 0. The molecule has 0 spiro atoms. The standard InChI is InChI=1S/C24H26FN3O2/c1-18-4-2-5-19(16-18)24(29)26-17-22(23-6-3-15-30-23)28-13-11-27(12-14-28)21-9-7-20(25)8-10-21/h2-10,15-16,22H,11-14,17H2,1H3,(H,26,29)/p+1/t22-/m1/s1. The first-order chi connectivity index (χ1) is 14.6. The second-order valence-corrected chi connectivity index (χ2v) is 7.77. The van der Waals surface area contributed by atoms with Gasteiger partial charge in [-0.05, 0) is 55.5 Å². The van der Waals surface area contributed by atoms with Crippen molar-refractivity contribution in [3.05, 3.63) is 89.6 Å². The van der Waals surface area contributed by atoms with Gasteiger partial charge in [0.1, 0.15) is 5.82 Å². The summed E-state index contributed by atoms with van der Waals surface area (Å²) in [5, 5.41) is 3.09. The first-order valence-electron chi connectivity index (χ1n) is 10.3. The number of quaternary nitrogens is 1. The van der Waals surface area contributed by atoms with E-state index in [0.29, 0.717) is 12.1 Å². The van der Waals surface area contributed by atoms with E-state index in [1.165, 1.54) is 17.0 Å². The summed E-state index contributed by atoms with van der Waals surface area (Å²) in [4.78, 5) is 16.3. The zero-order valence-electron chi connectivity index (χ0n) is 17.1. The Kier molecular flexibility index (Phi) is 6.14. The van der Waals surface area contributed by atoms with Gasteiger partial charge in [0.05, 0.1) is 39.0 Å². The van der Waals surface area contributed by atoms with E-state index in [1.54, 1.807) is 6.26 Å². The topological polar surface area (TPSA) is 49.9 Å². The zero-order valence-corrected chi connectivity index (χ0v) is 17.1. The lowest BCUT2D eigenvalue weighted by atomic mass is 10.1. The molecule has 1 saturated heterocycles. The van der Waals surface area contributed by atoms with Crippen LogP contribution < -0.4 is 15.1 Å². The third kappa shape index (κ3) is 4.71. The van der Waals surface area contributed by atoms with Gasteiger partial charge in [0.2, 0.25) is 0 Å². The number of piperazine rings is 1. The van der Waals surface area contributed by atoms with E-state index in [4.69, 9.17) is 4.42 Å². The lowest BCUT2D eigenvalue weighted by Gasteiger charge is -2.37. The number of benzene rings is 2. The maximum absolute atomic E-state index is 13.2. The van der Waals surface area contributed by atoms with E-state index in [-0.39, 0.29) is 17.8 Å².